The Morgan fingerprint density at radius 2 is 1.75 bits per heavy atom. The highest BCUT2D eigenvalue weighted by Gasteiger charge is 2.55. The van der Waals surface area contributed by atoms with Crippen LogP contribution in [0.1, 0.15) is 41.0 Å². The lowest BCUT2D eigenvalue weighted by Gasteiger charge is -2.38. The number of carbonyl (C=O) groups excluding carboxylic acids is 1. The van der Waals surface area contributed by atoms with Gasteiger partial charge in [0.1, 0.15) is 17.2 Å². The van der Waals surface area contributed by atoms with Crippen LogP contribution in [-0.4, -0.2) is 40.8 Å². The molecule has 0 spiro atoms. The Kier molecular flexibility index (Phi) is 6.07. The number of nitrogens with two attached hydrogens (primary N) is 2. The first-order valence-corrected chi connectivity index (χ1v) is 6.54. The quantitative estimate of drug-likeness (QED) is 0.636. The monoisotopic (exact) mass is 296 g/mol. The first-order chi connectivity index (χ1) is 8.76. The van der Waals surface area contributed by atoms with E-state index in [0.717, 1.165) is 0 Å². The lowest BCUT2D eigenvalue weighted by Crippen LogP contribution is -2.66. The van der Waals surface area contributed by atoms with E-state index in [1.54, 1.807) is 34.6 Å². The molecule has 2 unspecified atom stereocenters. The van der Waals surface area contributed by atoms with Gasteiger partial charge in [-0.25, -0.2) is 13.6 Å². The molecule has 0 aromatic carbocycles. The Bertz CT molecular complexity index is 343. The maximum atomic E-state index is 13.6. The van der Waals surface area contributed by atoms with E-state index in [0.29, 0.717) is 0 Å². The van der Waals surface area contributed by atoms with Crippen molar-refractivity contribution >= 4 is 5.97 Å². The lowest BCUT2D eigenvalue weighted by molar-refractivity contribution is -0.184. The summed E-state index contributed by atoms with van der Waals surface area (Å²) in [4.78, 5) is 12.1. The molecule has 0 saturated heterocycles. The summed E-state index contributed by atoms with van der Waals surface area (Å²) in [6.45, 7) is 7.09. The predicted octanol–water partition coefficient (Wildman–Crippen LogP) is 1.03. The minimum atomic E-state index is -3.67. The summed E-state index contributed by atoms with van der Waals surface area (Å²) in [6.07, 6.45) is -2.55. The van der Waals surface area contributed by atoms with Gasteiger partial charge in [0.15, 0.2) is 0 Å². The molecule has 0 rings (SSSR count). The molecular weight excluding hydrogens is 270 g/mol. The smallest absolute Gasteiger partial charge is 0.329 e. The van der Waals surface area contributed by atoms with E-state index in [9.17, 15) is 18.7 Å². The van der Waals surface area contributed by atoms with E-state index in [4.69, 9.17) is 16.2 Å². The third kappa shape index (κ3) is 4.96. The van der Waals surface area contributed by atoms with Crippen LogP contribution in [0.2, 0.25) is 0 Å². The van der Waals surface area contributed by atoms with Gasteiger partial charge >= 0.3 is 5.97 Å². The molecule has 0 radical (unpaired) electrons. The van der Waals surface area contributed by atoms with Gasteiger partial charge in [-0.3, -0.25) is 0 Å². The summed E-state index contributed by atoms with van der Waals surface area (Å²) in [6, 6.07) is 0. The highest BCUT2D eigenvalue weighted by atomic mass is 19.3. The van der Waals surface area contributed by atoms with Crippen LogP contribution in [0.25, 0.3) is 0 Å². The van der Waals surface area contributed by atoms with Crippen LogP contribution in [0.3, 0.4) is 0 Å². The molecule has 0 saturated carbocycles. The third-order valence-corrected chi connectivity index (χ3v) is 2.69. The fourth-order valence-electron chi connectivity index (χ4n) is 1.84. The fraction of sp³-hybridized carbons (Fsp3) is 0.923. The van der Waals surface area contributed by atoms with Crippen LogP contribution >= 0.6 is 0 Å². The fourth-order valence-corrected chi connectivity index (χ4v) is 1.84. The Labute approximate surface area is 118 Å². The summed E-state index contributed by atoms with van der Waals surface area (Å²) in [5.74, 6) is -4.91. The molecule has 20 heavy (non-hydrogen) atoms. The minimum absolute atomic E-state index is 0.140. The number of ether oxygens (including phenoxy) is 1. The van der Waals surface area contributed by atoms with Gasteiger partial charge in [-0.1, -0.05) is 13.8 Å². The molecule has 0 aliphatic rings. The van der Waals surface area contributed by atoms with Crippen LogP contribution in [0, 0.1) is 5.92 Å². The molecule has 7 heteroatoms. The molecule has 0 aliphatic carbocycles. The van der Waals surface area contributed by atoms with Crippen LogP contribution in [0.4, 0.5) is 8.78 Å². The second-order valence-electron chi connectivity index (χ2n) is 6.51. The first-order valence-electron chi connectivity index (χ1n) is 6.54. The second-order valence-corrected chi connectivity index (χ2v) is 6.51. The standard InChI is InChI=1S/C13H26F2N2O3/c1-8(2)6-12(17,9(18)13(14,15)7-16)10(19)20-11(3,4)5/h8-9,18H,6-7,16-17H2,1-5H3. The van der Waals surface area contributed by atoms with E-state index >= 15 is 0 Å². The molecule has 0 aliphatic heterocycles. The normalized spacial score (nSPS) is 17.8. The van der Waals surface area contributed by atoms with Crippen molar-refractivity contribution in [1.82, 2.24) is 0 Å². The predicted molar refractivity (Wildman–Crippen MR) is 72.2 cm³/mol. The van der Waals surface area contributed by atoms with Gasteiger partial charge in [0.05, 0.1) is 6.54 Å². The van der Waals surface area contributed by atoms with Gasteiger partial charge in [0, 0.05) is 0 Å². The van der Waals surface area contributed by atoms with Crippen LogP contribution in [-0.2, 0) is 9.53 Å². The van der Waals surface area contributed by atoms with E-state index in [2.05, 4.69) is 0 Å². The third-order valence-electron chi connectivity index (χ3n) is 2.69. The maximum Gasteiger partial charge on any atom is 0.329 e. The topological polar surface area (TPSA) is 98.6 Å². The lowest BCUT2D eigenvalue weighted by atomic mass is 9.81. The zero-order valence-corrected chi connectivity index (χ0v) is 12.7. The van der Waals surface area contributed by atoms with Gasteiger partial charge in [-0.2, -0.15) is 0 Å². The Balaban J connectivity index is 5.45. The van der Waals surface area contributed by atoms with Crippen molar-refractivity contribution in [2.24, 2.45) is 17.4 Å². The van der Waals surface area contributed by atoms with Crippen molar-refractivity contribution < 1.29 is 23.4 Å². The van der Waals surface area contributed by atoms with E-state index in [1.165, 1.54) is 0 Å². The molecule has 0 amide bonds. The van der Waals surface area contributed by atoms with E-state index in [-0.39, 0.29) is 12.3 Å². The first kappa shape index (κ1) is 19.2. The summed E-state index contributed by atoms with van der Waals surface area (Å²) in [5.41, 5.74) is 7.64. The number of rotatable bonds is 6. The average Bonchev–Trinajstić information content (AvgIpc) is 2.24. The molecular formula is C13H26F2N2O3. The summed E-state index contributed by atoms with van der Waals surface area (Å²) >= 11 is 0. The van der Waals surface area contributed by atoms with Crippen molar-refractivity contribution in [3.05, 3.63) is 0 Å². The van der Waals surface area contributed by atoms with Gasteiger partial charge in [-0.05, 0) is 33.1 Å². The number of esters is 1. The zero-order chi connectivity index (χ0) is 16.4. The van der Waals surface area contributed by atoms with E-state index < -0.39 is 35.7 Å². The summed E-state index contributed by atoms with van der Waals surface area (Å²) in [5, 5.41) is 9.86. The molecule has 120 valence electrons. The van der Waals surface area contributed by atoms with Gasteiger partial charge in [0.25, 0.3) is 5.92 Å². The summed E-state index contributed by atoms with van der Waals surface area (Å²) in [7, 11) is 0. The number of hydrogen-bond donors (Lipinski definition) is 3. The minimum Gasteiger partial charge on any atom is -0.459 e. The number of aliphatic hydroxyl groups excluding tert-OH is 1. The SMILES string of the molecule is CC(C)CC(N)(C(=O)OC(C)(C)C)C(O)C(F)(F)CN. The largest absolute Gasteiger partial charge is 0.459 e. The van der Waals surface area contributed by atoms with Gasteiger partial charge < -0.3 is 21.3 Å². The second kappa shape index (κ2) is 6.32. The van der Waals surface area contributed by atoms with Crippen molar-refractivity contribution in [2.45, 2.75) is 64.2 Å². The van der Waals surface area contributed by atoms with Crippen LogP contribution in [0.5, 0.6) is 0 Å². The zero-order valence-electron chi connectivity index (χ0n) is 12.7. The highest BCUT2D eigenvalue weighted by molar-refractivity contribution is 5.82. The van der Waals surface area contributed by atoms with Crippen LogP contribution in [0.15, 0.2) is 0 Å². The molecule has 0 fully saturated rings. The number of halogens is 2. The number of aliphatic hydroxyl groups is 1. The van der Waals surface area contributed by atoms with Crippen molar-refractivity contribution in [3.63, 3.8) is 0 Å². The number of carbonyl (C=O) groups is 1. The average molecular weight is 296 g/mol. The van der Waals surface area contributed by atoms with Crippen molar-refractivity contribution in [1.29, 1.82) is 0 Å². The maximum absolute atomic E-state index is 13.6. The molecule has 0 aromatic heterocycles. The molecule has 5 nitrogen and oxygen atoms in total. The van der Waals surface area contributed by atoms with Crippen molar-refractivity contribution in [3.8, 4) is 0 Å². The molecule has 5 N–H and O–H groups in total. The Hall–Kier alpha value is -0.790. The van der Waals surface area contributed by atoms with Crippen molar-refractivity contribution in [2.75, 3.05) is 6.54 Å². The van der Waals surface area contributed by atoms with Crippen LogP contribution < -0.4 is 11.5 Å². The number of alkyl halides is 2. The molecule has 2 atom stereocenters. The Morgan fingerprint density at radius 3 is 2.05 bits per heavy atom. The van der Waals surface area contributed by atoms with Gasteiger partial charge in [-0.15, -0.1) is 0 Å². The van der Waals surface area contributed by atoms with Gasteiger partial charge in [0.2, 0.25) is 0 Å². The Morgan fingerprint density at radius 1 is 1.30 bits per heavy atom. The highest BCUT2D eigenvalue weighted by Crippen LogP contribution is 2.31. The molecule has 0 aromatic rings. The molecule has 0 bridgehead atoms. The summed E-state index contributed by atoms with van der Waals surface area (Å²) < 4.78 is 32.3. The van der Waals surface area contributed by atoms with E-state index in [1.807, 2.05) is 0 Å². The number of hydrogen-bond acceptors (Lipinski definition) is 5. The molecule has 0 heterocycles.